The molecule has 2 aromatic rings. The Bertz CT molecular complexity index is 488. The number of rotatable bonds is 3. The molecule has 1 heterocycles. The van der Waals surface area contributed by atoms with Crippen molar-refractivity contribution in [2.24, 2.45) is 0 Å². The molecule has 0 spiro atoms. The largest absolute Gasteiger partial charge is 0.494 e. The predicted octanol–water partition coefficient (Wildman–Crippen LogP) is 3.09. The SMILES string of the molecule is CCOc1ccc(-c2cnc(C)[nH]2)cc1C. The number of nitrogens with one attached hydrogen (secondary N) is 1. The smallest absolute Gasteiger partial charge is 0.122 e. The summed E-state index contributed by atoms with van der Waals surface area (Å²) in [5.74, 6) is 1.88. The van der Waals surface area contributed by atoms with Crippen LogP contribution in [-0.2, 0) is 0 Å². The van der Waals surface area contributed by atoms with Crippen molar-refractivity contribution in [1.82, 2.24) is 9.97 Å². The number of aryl methyl sites for hydroxylation is 2. The molecule has 0 saturated carbocycles. The van der Waals surface area contributed by atoms with Crippen LogP contribution in [0.2, 0.25) is 0 Å². The van der Waals surface area contributed by atoms with Crippen LogP contribution in [0.3, 0.4) is 0 Å². The van der Waals surface area contributed by atoms with Crippen molar-refractivity contribution in [2.75, 3.05) is 6.61 Å². The first-order valence-corrected chi connectivity index (χ1v) is 5.46. The number of benzene rings is 1. The first-order chi connectivity index (χ1) is 7.70. The molecular formula is C13H16N2O. The number of imidazole rings is 1. The van der Waals surface area contributed by atoms with Crippen molar-refractivity contribution in [1.29, 1.82) is 0 Å². The lowest BCUT2D eigenvalue weighted by Crippen LogP contribution is -1.94. The van der Waals surface area contributed by atoms with Gasteiger partial charge in [-0.2, -0.15) is 0 Å². The van der Waals surface area contributed by atoms with Crippen molar-refractivity contribution in [3.63, 3.8) is 0 Å². The quantitative estimate of drug-likeness (QED) is 0.856. The molecule has 16 heavy (non-hydrogen) atoms. The molecule has 0 fully saturated rings. The molecule has 0 atom stereocenters. The number of aromatic amines is 1. The summed E-state index contributed by atoms with van der Waals surface area (Å²) in [5, 5.41) is 0. The minimum absolute atomic E-state index is 0.698. The van der Waals surface area contributed by atoms with Gasteiger partial charge in [0.2, 0.25) is 0 Å². The Morgan fingerprint density at radius 2 is 2.12 bits per heavy atom. The van der Waals surface area contributed by atoms with E-state index >= 15 is 0 Å². The fraction of sp³-hybridized carbons (Fsp3) is 0.308. The van der Waals surface area contributed by atoms with E-state index in [1.54, 1.807) is 0 Å². The highest BCUT2D eigenvalue weighted by molar-refractivity contribution is 5.61. The average Bonchev–Trinajstić information content (AvgIpc) is 2.68. The van der Waals surface area contributed by atoms with E-state index in [-0.39, 0.29) is 0 Å². The van der Waals surface area contributed by atoms with Gasteiger partial charge >= 0.3 is 0 Å². The van der Waals surface area contributed by atoms with Crippen LogP contribution in [0.5, 0.6) is 5.75 Å². The summed E-state index contributed by atoms with van der Waals surface area (Å²) in [6, 6.07) is 6.16. The van der Waals surface area contributed by atoms with Crippen LogP contribution in [0.15, 0.2) is 24.4 Å². The van der Waals surface area contributed by atoms with Crippen molar-refractivity contribution >= 4 is 0 Å². The van der Waals surface area contributed by atoms with Crippen LogP contribution in [0, 0.1) is 13.8 Å². The van der Waals surface area contributed by atoms with E-state index < -0.39 is 0 Å². The fourth-order valence-corrected chi connectivity index (χ4v) is 1.70. The van der Waals surface area contributed by atoms with E-state index in [9.17, 15) is 0 Å². The maximum atomic E-state index is 5.51. The van der Waals surface area contributed by atoms with Crippen molar-refractivity contribution < 1.29 is 4.74 Å². The van der Waals surface area contributed by atoms with Gasteiger partial charge in [-0.25, -0.2) is 4.98 Å². The molecule has 3 heteroatoms. The molecule has 0 saturated heterocycles. The summed E-state index contributed by atoms with van der Waals surface area (Å²) in [5.41, 5.74) is 3.33. The number of ether oxygens (including phenoxy) is 1. The van der Waals surface area contributed by atoms with Crippen LogP contribution in [-0.4, -0.2) is 16.6 Å². The van der Waals surface area contributed by atoms with E-state index in [2.05, 4.69) is 23.0 Å². The monoisotopic (exact) mass is 216 g/mol. The highest BCUT2D eigenvalue weighted by Crippen LogP contribution is 2.25. The molecule has 1 aromatic heterocycles. The summed E-state index contributed by atoms with van der Waals surface area (Å²) in [6.45, 7) is 6.69. The van der Waals surface area contributed by atoms with Crippen LogP contribution in [0.1, 0.15) is 18.3 Å². The standard InChI is InChI=1S/C13H16N2O/c1-4-16-13-6-5-11(7-9(13)2)12-8-14-10(3)15-12/h5-8H,4H2,1-3H3,(H,14,15). The van der Waals surface area contributed by atoms with E-state index in [0.717, 1.165) is 28.4 Å². The molecule has 0 amide bonds. The molecule has 0 radical (unpaired) electrons. The topological polar surface area (TPSA) is 37.9 Å². The van der Waals surface area contributed by atoms with E-state index in [4.69, 9.17) is 4.74 Å². The van der Waals surface area contributed by atoms with E-state index in [1.807, 2.05) is 32.2 Å². The van der Waals surface area contributed by atoms with Gasteiger partial charge in [0, 0.05) is 5.56 Å². The van der Waals surface area contributed by atoms with Crippen molar-refractivity contribution in [2.45, 2.75) is 20.8 Å². The Balaban J connectivity index is 2.34. The normalized spacial score (nSPS) is 10.4. The second-order valence-electron chi connectivity index (χ2n) is 3.80. The fourth-order valence-electron chi connectivity index (χ4n) is 1.70. The molecular weight excluding hydrogens is 200 g/mol. The van der Waals surface area contributed by atoms with Gasteiger partial charge in [0.1, 0.15) is 11.6 Å². The Morgan fingerprint density at radius 3 is 2.69 bits per heavy atom. The van der Waals surface area contributed by atoms with Crippen LogP contribution in [0.25, 0.3) is 11.3 Å². The molecule has 1 N–H and O–H groups in total. The lowest BCUT2D eigenvalue weighted by molar-refractivity contribution is 0.338. The van der Waals surface area contributed by atoms with Crippen molar-refractivity contribution in [3.8, 4) is 17.0 Å². The van der Waals surface area contributed by atoms with Gasteiger partial charge in [-0.05, 0) is 44.5 Å². The Kier molecular flexibility index (Phi) is 2.95. The average molecular weight is 216 g/mol. The number of hydrogen-bond acceptors (Lipinski definition) is 2. The van der Waals surface area contributed by atoms with Gasteiger partial charge < -0.3 is 9.72 Å². The molecule has 84 valence electrons. The second kappa shape index (κ2) is 4.39. The zero-order valence-corrected chi connectivity index (χ0v) is 9.87. The third-order valence-corrected chi connectivity index (χ3v) is 2.49. The van der Waals surface area contributed by atoms with Gasteiger partial charge in [0.15, 0.2) is 0 Å². The number of H-pyrrole nitrogens is 1. The highest BCUT2D eigenvalue weighted by atomic mass is 16.5. The van der Waals surface area contributed by atoms with Gasteiger partial charge in [0.05, 0.1) is 18.5 Å². The molecule has 2 rings (SSSR count). The van der Waals surface area contributed by atoms with Crippen LogP contribution < -0.4 is 4.74 Å². The van der Waals surface area contributed by atoms with E-state index in [0.29, 0.717) is 6.61 Å². The zero-order chi connectivity index (χ0) is 11.5. The number of aromatic nitrogens is 2. The predicted molar refractivity (Wildman–Crippen MR) is 64.7 cm³/mol. The number of hydrogen-bond donors (Lipinski definition) is 1. The van der Waals surface area contributed by atoms with Gasteiger partial charge in [-0.3, -0.25) is 0 Å². The lowest BCUT2D eigenvalue weighted by atomic mass is 10.1. The first kappa shape index (κ1) is 10.7. The number of nitrogens with zero attached hydrogens (tertiary/aromatic N) is 1. The molecule has 0 aliphatic carbocycles. The maximum absolute atomic E-state index is 5.51. The summed E-state index contributed by atoms with van der Waals surface area (Å²) in [4.78, 5) is 7.41. The van der Waals surface area contributed by atoms with Gasteiger partial charge in [0.25, 0.3) is 0 Å². The molecule has 3 nitrogen and oxygen atoms in total. The van der Waals surface area contributed by atoms with Crippen molar-refractivity contribution in [3.05, 3.63) is 35.8 Å². The summed E-state index contributed by atoms with van der Waals surface area (Å²) >= 11 is 0. The van der Waals surface area contributed by atoms with Crippen LogP contribution in [0.4, 0.5) is 0 Å². The molecule has 0 unspecified atom stereocenters. The van der Waals surface area contributed by atoms with Gasteiger partial charge in [-0.1, -0.05) is 0 Å². The molecule has 1 aromatic carbocycles. The summed E-state index contributed by atoms with van der Waals surface area (Å²) in [6.07, 6.45) is 1.85. The van der Waals surface area contributed by atoms with Crippen LogP contribution >= 0.6 is 0 Å². The Morgan fingerprint density at radius 1 is 1.31 bits per heavy atom. The second-order valence-corrected chi connectivity index (χ2v) is 3.80. The Hall–Kier alpha value is -1.77. The summed E-state index contributed by atoms with van der Waals surface area (Å²) in [7, 11) is 0. The van der Waals surface area contributed by atoms with Gasteiger partial charge in [-0.15, -0.1) is 0 Å². The zero-order valence-electron chi connectivity index (χ0n) is 9.87. The lowest BCUT2D eigenvalue weighted by Gasteiger charge is -2.08. The molecule has 0 aliphatic rings. The molecule has 0 bridgehead atoms. The third-order valence-electron chi connectivity index (χ3n) is 2.49. The minimum Gasteiger partial charge on any atom is -0.494 e. The maximum Gasteiger partial charge on any atom is 0.122 e. The first-order valence-electron chi connectivity index (χ1n) is 5.46. The highest BCUT2D eigenvalue weighted by Gasteiger charge is 2.04. The summed E-state index contributed by atoms with van der Waals surface area (Å²) < 4.78 is 5.51. The third kappa shape index (κ3) is 2.08. The Labute approximate surface area is 95.5 Å². The molecule has 0 aliphatic heterocycles. The minimum atomic E-state index is 0.698. The van der Waals surface area contributed by atoms with E-state index in [1.165, 1.54) is 0 Å².